The molecule has 0 saturated carbocycles. The molecule has 0 spiro atoms. The zero-order chi connectivity index (χ0) is 15.6. The predicted molar refractivity (Wildman–Crippen MR) is 77.1 cm³/mol. The number of hydrogen-bond donors (Lipinski definition) is 0. The molecule has 1 aromatic carbocycles. The smallest absolute Gasteiger partial charge is 0.273 e. The maximum atomic E-state index is 13.4. The van der Waals surface area contributed by atoms with E-state index < -0.39 is 22.3 Å². The van der Waals surface area contributed by atoms with Gasteiger partial charge in [0.2, 0.25) is 0 Å². The van der Waals surface area contributed by atoms with E-state index in [1.807, 2.05) is 6.92 Å². The van der Waals surface area contributed by atoms with Crippen LogP contribution in [-0.2, 0) is 4.74 Å². The Bertz CT molecular complexity index is 569. The number of nitro groups is 1. The summed E-state index contributed by atoms with van der Waals surface area (Å²) in [6.07, 6.45) is -0.145. The van der Waals surface area contributed by atoms with Crippen molar-refractivity contribution in [3.8, 4) is 0 Å². The van der Waals surface area contributed by atoms with Crippen molar-refractivity contribution in [2.45, 2.75) is 19.1 Å². The van der Waals surface area contributed by atoms with Crippen LogP contribution in [0.2, 0.25) is 0 Å². The number of halogens is 2. The van der Waals surface area contributed by atoms with Gasteiger partial charge in [0, 0.05) is 23.5 Å². The van der Waals surface area contributed by atoms with Crippen LogP contribution in [0.4, 0.5) is 10.1 Å². The first kappa shape index (κ1) is 15.8. The van der Waals surface area contributed by atoms with E-state index in [1.165, 1.54) is 0 Å². The Labute approximate surface area is 129 Å². The minimum atomic E-state index is -0.800. The highest BCUT2D eigenvalue weighted by Gasteiger charge is 2.30. The van der Waals surface area contributed by atoms with Gasteiger partial charge in [-0.2, -0.15) is 0 Å². The highest BCUT2D eigenvalue weighted by molar-refractivity contribution is 9.09. The van der Waals surface area contributed by atoms with Gasteiger partial charge in [-0.3, -0.25) is 14.9 Å². The summed E-state index contributed by atoms with van der Waals surface area (Å²) in [4.78, 5) is 24.1. The molecular formula is C13H14BrFN2O4. The zero-order valence-electron chi connectivity index (χ0n) is 11.3. The van der Waals surface area contributed by atoms with Crippen LogP contribution in [0.25, 0.3) is 0 Å². The molecule has 114 valence electrons. The maximum Gasteiger partial charge on any atom is 0.273 e. The van der Waals surface area contributed by atoms with Gasteiger partial charge >= 0.3 is 0 Å². The number of ether oxygens (including phenoxy) is 1. The summed E-state index contributed by atoms with van der Waals surface area (Å²) in [5, 5.41) is 11.3. The molecule has 2 rings (SSSR count). The Kier molecular flexibility index (Phi) is 4.89. The molecule has 0 bridgehead atoms. The first-order valence-corrected chi connectivity index (χ1v) is 7.48. The molecular weight excluding hydrogens is 347 g/mol. The minimum Gasteiger partial charge on any atom is -0.373 e. The molecule has 0 N–H and O–H groups in total. The van der Waals surface area contributed by atoms with Crippen LogP contribution < -0.4 is 0 Å². The third-order valence-corrected chi connectivity index (χ3v) is 4.00. The number of carbonyl (C=O) groups is 1. The molecule has 21 heavy (non-hydrogen) atoms. The Hall–Kier alpha value is -1.54. The van der Waals surface area contributed by atoms with Crippen molar-refractivity contribution in [2.75, 3.05) is 18.5 Å². The molecule has 0 aromatic heterocycles. The summed E-state index contributed by atoms with van der Waals surface area (Å²) >= 11 is 3.29. The van der Waals surface area contributed by atoms with Gasteiger partial charge in [0.25, 0.3) is 11.6 Å². The number of nitrogens with zero attached hydrogens (tertiary/aromatic N) is 2. The molecule has 1 fully saturated rings. The molecule has 1 aromatic rings. The highest BCUT2D eigenvalue weighted by Crippen LogP contribution is 2.21. The number of benzene rings is 1. The van der Waals surface area contributed by atoms with E-state index in [1.54, 1.807) is 4.90 Å². The van der Waals surface area contributed by atoms with E-state index in [0.29, 0.717) is 18.5 Å². The average Bonchev–Trinajstić information content (AvgIpc) is 2.46. The molecule has 1 aliphatic heterocycles. The first-order chi connectivity index (χ1) is 9.92. The number of rotatable bonds is 3. The molecule has 2 unspecified atom stereocenters. The number of hydrogen-bond acceptors (Lipinski definition) is 4. The summed E-state index contributed by atoms with van der Waals surface area (Å²) in [5.41, 5.74) is -0.458. The Morgan fingerprint density at radius 3 is 2.90 bits per heavy atom. The number of amides is 1. The Morgan fingerprint density at radius 1 is 1.57 bits per heavy atom. The molecule has 2 atom stereocenters. The highest BCUT2D eigenvalue weighted by atomic mass is 79.9. The molecule has 0 radical (unpaired) electrons. The van der Waals surface area contributed by atoms with Crippen molar-refractivity contribution < 1.29 is 18.8 Å². The third kappa shape index (κ3) is 3.56. The van der Waals surface area contributed by atoms with Crippen LogP contribution in [0.5, 0.6) is 0 Å². The fourth-order valence-corrected chi connectivity index (χ4v) is 2.55. The Morgan fingerprint density at radius 2 is 2.29 bits per heavy atom. The van der Waals surface area contributed by atoms with Crippen LogP contribution in [-0.4, -0.2) is 46.4 Å². The molecule has 1 heterocycles. The lowest BCUT2D eigenvalue weighted by molar-refractivity contribution is -0.385. The monoisotopic (exact) mass is 360 g/mol. The summed E-state index contributed by atoms with van der Waals surface area (Å²) in [5.74, 6) is -1.23. The van der Waals surface area contributed by atoms with Crippen molar-refractivity contribution in [1.82, 2.24) is 4.90 Å². The second kappa shape index (κ2) is 6.48. The topological polar surface area (TPSA) is 72.7 Å². The first-order valence-electron chi connectivity index (χ1n) is 6.36. The number of nitro benzene ring substituents is 1. The van der Waals surface area contributed by atoms with Crippen molar-refractivity contribution in [1.29, 1.82) is 0 Å². The van der Waals surface area contributed by atoms with E-state index in [0.717, 1.165) is 18.2 Å². The molecule has 1 aliphatic rings. The van der Waals surface area contributed by atoms with Gasteiger partial charge in [-0.1, -0.05) is 15.9 Å². The largest absolute Gasteiger partial charge is 0.373 e. The molecule has 1 saturated heterocycles. The van der Waals surface area contributed by atoms with Gasteiger partial charge in [0.15, 0.2) is 0 Å². The minimum absolute atomic E-state index is 0.0243. The van der Waals surface area contributed by atoms with E-state index in [-0.39, 0.29) is 17.7 Å². The number of carbonyl (C=O) groups excluding carboxylic acids is 1. The summed E-state index contributed by atoms with van der Waals surface area (Å²) in [6.45, 7) is 2.55. The van der Waals surface area contributed by atoms with Crippen LogP contribution >= 0.6 is 15.9 Å². The lowest BCUT2D eigenvalue weighted by Gasteiger charge is -2.37. The lowest BCUT2D eigenvalue weighted by Crippen LogP contribution is -2.51. The standard InChI is InChI=1S/C13H14BrFN2O4/c1-8-7-21-12(5-14)6-16(8)13(18)9-2-10(15)4-11(3-9)17(19)20/h2-4,8,12H,5-7H2,1H3. The normalized spacial score (nSPS) is 22.1. The average molecular weight is 361 g/mol. The number of non-ortho nitro benzene ring substituents is 1. The van der Waals surface area contributed by atoms with Crippen LogP contribution in [0.15, 0.2) is 18.2 Å². The maximum absolute atomic E-state index is 13.4. The van der Waals surface area contributed by atoms with Gasteiger partial charge in [-0.15, -0.1) is 0 Å². The van der Waals surface area contributed by atoms with Crippen LogP contribution in [0, 0.1) is 15.9 Å². The van der Waals surface area contributed by atoms with E-state index >= 15 is 0 Å². The van der Waals surface area contributed by atoms with Gasteiger partial charge in [-0.05, 0) is 13.0 Å². The van der Waals surface area contributed by atoms with E-state index in [4.69, 9.17) is 4.74 Å². The quantitative estimate of drug-likeness (QED) is 0.471. The second-order valence-corrected chi connectivity index (χ2v) is 5.52. The fourth-order valence-electron chi connectivity index (χ4n) is 2.16. The SMILES string of the molecule is CC1COC(CBr)CN1C(=O)c1cc(F)cc([N+](=O)[O-])c1. The van der Waals surface area contributed by atoms with Crippen molar-refractivity contribution >= 4 is 27.5 Å². The number of morpholine rings is 1. The zero-order valence-corrected chi connectivity index (χ0v) is 12.9. The molecule has 1 amide bonds. The van der Waals surface area contributed by atoms with Crippen molar-refractivity contribution in [3.05, 3.63) is 39.7 Å². The van der Waals surface area contributed by atoms with Crippen molar-refractivity contribution in [2.24, 2.45) is 0 Å². The molecule has 8 heteroatoms. The Balaban J connectivity index is 2.28. The third-order valence-electron chi connectivity index (χ3n) is 3.28. The van der Waals surface area contributed by atoms with Gasteiger partial charge in [0.1, 0.15) is 5.82 Å². The lowest BCUT2D eigenvalue weighted by atomic mass is 10.1. The summed E-state index contributed by atoms with van der Waals surface area (Å²) in [7, 11) is 0. The fraction of sp³-hybridized carbons (Fsp3) is 0.462. The van der Waals surface area contributed by atoms with Crippen molar-refractivity contribution in [3.63, 3.8) is 0 Å². The number of alkyl halides is 1. The van der Waals surface area contributed by atoms with Gasteiger partial charge in [-0.25, -0.2) is 4.39 Å². The molecule has 6 nitrogen and oxygen atoms in total. The van der Waals surface area contributed by atoms with Gasteiger partial charge < -0.3 is 9.64 Å². The molecule has 0 aliphatic carbocycles. The van der Waals surface area contributed by atoms with E-state index in [9.17, 15) is 19.3 Å². The summed E-state index contributed by atoms with van der Waals surface area (Å²) < 4.78 is 19.0. The predicted octanol–water partition coefficient (Wildman–Crippen LogP) is 2.36. The summed E-state index contributed by atoms with van der Waals surface area (Å²) in [6, 6.07) is 2.73. The second-order valence-electron chi connectivity index (χ2n) is 4.87. The van der Waals surface area contributed by atoms with Crippen LogP contribution in [0.3, 0.4) is 0 Å². The van der Waals surface area contributed by atoms with E-state index in [2.05, 4.69) is 15.9 Å². The van der Waals surface area contributed by atoms with Gasteiger partial charge in [0.05, 0.1) is 29.7 Å². The van der Waals surface area contributed by atoms with Crippen LogP contribution in [0.1, 0.15) is 17.3 Å².